The summed E-state index contributed by atoms with van der Waals surface area (Å²) >= 11 is 0. The zero-order valence-electron chi connectivity index (χ0n) is 8.37. The molecular formula is C7H18Cl2N2O2S. The number of sulfone groups is 1. The zero-order valence-corrected chi connectivity index (χ0v) is 10.8. The molecule has 0 aromatic carbocycles. The molecule has 88 valence electrons. The summed E-state index contributed by atoms with van der Waals surface area (Å²) in [5, 5.41) is 6.35. The normalized spacial score (nSPS) is 18.7. The molecule has 0 amide bonds. The Morgan fingerprint density at radius 3 is 2.14 bits per heavy atom. The molecule has 4 nitrogen and oxygen atoms in total. The van der Waals surface area contributed by atoms with E-state index >= 15 is 0 Å². The van der Waals surface area contributed by atoms with Crippen molar-refractivity contribution in [2.24, 2.45) is 0 Å². The van der Waals surface area contributed by atoms with Gasteiger partial charge in [0, 0.05) is 31.4 Å². The van der Waals surface area contributed by atoms with Gasteiger partial charge in [-0.2, -0.15) is 0 Å². The lowest BCUT2D eigenvalue weighted by atomic mass is 9.95. The third-order valence-electron chi connectivity index (χ3n) is 2.05. The predicted octanol–water partition coefficient (Wildman–Crippen LogP) is -0.174. The average Bonchev–Trinajstić information content (AvgIpc) is 1.81. The maximum atomic E-state index is 10.8. The van der Waals surface area contributed by atoms with E-state index in [0.717, 1.165) is 13.1 Å². The number of nitrogens with one attached hydrogen (secondary N) is 2. The monoisotopic (exact) mass is 264 g/mol. The molecule has 0 saturated carbocycles. The molecule has 0 aliphatic carbocycles. The molecule has 1 heterocycles. The Kier molecular flexibility index (Phi) is 7.38. The van der Waals surface area contributed by atoms with Crippen LogP contribution < -0.4 is 10.6 Å². The van der Waals surface area contributed by atoms with Crippen LogP contribution >= 0.6 is 24.8 Å². The largest absolute Gasteiger partial charge is 0.313 e. The molecule has 1 aliphatic heterocycles. The van der Waals surface area contributed by atoms with Crippen molar-refractivity contribution in [2.75, 3.05) is 31.6 Å². The van der Waals surface area contributed by atoms with Crippen LogP contribution in [0.15, 0.2) is 0 Å². The summed E-state index contributed by atoms with van der Waals surface area (Å²) in [6.07, 6.45) is 1.26. The molecule has 0 atom stereocenters. The van der Waals surface area contributed by atoms with Gasteiger partial charge in [0.15, 0.2) is 0 Å². The molecule has 1 fully saturated rings. The fourth-order valence-corrected chi connectivity index (χ4v) is 1.64. The summed E-state index contributed by atoms with van der Waals surface area (Å²) in [7, 11) is -2.81. The van der Waals surface area contributed by atoms with E-state index in [-0.39, 0.29) is 36.1 Å². The third-order valence-corrected chi connectivity index (χ3v) is 3.00. The van der Waals surface area contributed by atoms with E-state index in [1.54, 1.807) is 0 Å². The molecule has 1 aliphatic rings. The molecule has 0 aromatic heterocycles. The summed E-state index contributed by atoms with van der Waals surface area (Å²) in [5.41, 5.74) is 0.116. The first-order chi connectivity index (χ1) is 5.41. The molecule has 1 rings (SSSR count). The van der Waals surface area contributed by atoms with Crippen LogP contribution in [0.4, 0.5) is 0 Å². The summed E-state index contributed by atoms with van der Waals surface area (Å²) in [6.45, 7) is 4.50. The molecule has 0 bridgehead atoms. The van der Waals surface area contributed by atoms with Crippen molar-refractivity contribution < 1.29 is 8.42 Å². The smallest absolute Gasteiger partial charge is 0.148 e. The van der Waals surface area contributed by atoms with E-state index in [2.05, 4.69) is 17.6 Å². The lowest BCUT2D eigenvalue weighted by Crippen LogP contribution is -2.66. The Bertz CT molecular complexity index is 252. The molecule has 0 spiro atoms. The average molecular weight is 265 g/mol. The van der Waals surface area contributed by atoms with Gasteiger partial charge in [-0.15, -0.1) is 24.8 Å². The van der Waals surface area contributed by atoms with Gasteiger partial charge in [-0.25, -0.2) is 8.42 Å². The zero-order chi connectivity index (χ0) is 9.24. The summed E-state index contributed by atoms with van der Waals surface area (Å²) in [6, 6.07) is 0. The predicted molar refractivity (Wildman–Crippen MR) is 63.5 cm³/mol. The van der Waals surface area contributed by atoms with Gasteiger partial charge in [0.25, 0.3) is 0 Å². The van der Waals surface area contributed by atoms with Crippen LogP contribution in [-0.4, -0.2) is 45.6 Å². The molecule has 0 aromatic rings. The lowest BCUT2D eigenvalue weighted by molar-refractivity contribution is 0.244. The Morgan fingerprint density at radius 2 is 1.86 bits per heavy atom. The van der Waals surface area contributed by atoms with Crippen LogP contribution in [0.3, 0.4) is 0 Å². The third kappa shape index (κ3) is 6.03. The van der Waals surface area contributed by atoms with E-state index in [1.165, 1.54) is 6.26 Å². The van der Waals surface area contributed by atoms with Crippen molar-refractivity contribution in [3.63, 3.8) is 0 Å². The van der Waals surface area contributed by atoms with Gasteiger partial charge in [-0.1, -0.05) is 0 Å². The second-order valence-corrected chi connectivity index (χ2v) is 5.98. The minimum Gasteiger partial charge on any atom is -0.313 e. The lowest BCUT2D eigenvalue weighted by Gasteiger charge is -2.40. The second-order valence-electron chi connectivity index (χ2n) is 3.72. The Morgan fingerprint density at radius 1 is 1.36 bits per heavy atom. The van der Waals surface area contributed by atoms with Crippen molar-refractivity contribution in [1.29, 1.82) is 0 Å². The van der Waals surface area contributed by atoms with E-state index in [4.69, 9.17) is 0 Å². The number of hydrogen-bond donors (Lipinski definition) is 2. The quantitative estimate of drug-likeness (QED) is 0.740. The van der Waals surface area contributed by atoms with Crippen molar-refractivity contribution in [2.45, 2.75) is 12.5 Å². The molecule has 2 N–H and O–H groups in total. The first-order valence-electron chi connectivity index (χ1n) is 4.05. The van der Waals surface area contributed by atoms with Crippen LogP contribution in [0.1, 0.15) is 6.92 Å². The summed E-state index contributed by atoms with van der Waals surface area (Å²) in [5.74, 6) is 0.225. The standard InChI is InChI=1S/C7H16N2O2S.2ClH/c1-7(5-8-6-7)9-3-4-12(2,10)11;;/h8-9H,3-6H2,1-2H3;2*1H. The fraction of sp³-hybridized carbons (Fsp3) is 1.00. The minimum absolute atomic E-state index is 0. The first-order valence-corrected chi connectivity index (χ1v) is 6.11. The second kappa shape index (κ2) is 6.12. The van der Waals surface area contributed by atoms with E-state index in [0.29, 0.717) is 6.54 Å². The summed E-state index contributed by atoms with van der Waals surface area (Å²) < 4.78 is 21.5. The van der Waals surface area contributed by atoms with Gasteiger partial charge in [0.2, 0.25) is 0 Å². The van der Waals surface area contributed by atoms with E-state index in [9.17, 15) is 8.42 Å². The molecule has 0 unspecified atom stereocenters. The topological polar surface area (TPSA) is 58.2 Å². The van der Waals surface area contributed by atoms with Crippen LogP contribution in [0, 0.1) is 0 Å². The van der Waals surface area contributed by atoms with Gasteiger partial charge >= 0.3 is 0 Å². The van der Waals surface area contributed by atoms with Crippen LogP contribution in [0.5, 0.6) is 0 Å². The minimum atomic E-state index is -2.81. The van der Waals surface area contributed by atoms with Crippen molar-refractivity contribution >= 4 is 34.7 Å². The van der Waals surface area contributed by atoms with E-state index in [1.807, 2.05) is 0 Å². The van der Waals surface area contributed by atoms with Crippen LogP contribution in [0.2, 0.25) is 0 Å². The highest BCUT2D eigenvalue weighted by Gasteiger charge is 2.30. The summed E-state index contributed by atoms with van der Waals surface area (Å²) in [4.78, 5) is 0. The number of halogens is 2. The highest BCUT2D eigenvalue weighted by Crippen LogP contribution is 2.07. The molecular weight excluding hydrogens is 247 g/mol. The SMILES string of the molecule is CC1(NCCS(C)(=O)=O)CNC1.Cl.Cl. The Labute approximate surface area is 98.0 Å². The number of rotatable bonds is 4. The van der Waals surface area contributed by atoms with Crippen molar-refractivity contribution in [1.82, 2.24) is 10.6 Å². The van der Waals surface area contributed by atoms with E-state index < -0.39 is 9.84 Å². The van der Waals surface area contributed by atoms with Gasteiger partial charge in [0.1, 0.15) is 9.84 Å². The van der Waals surface area contributed by atoms with Crippen molar-refractivity contribution in [3.8, 4) is 0 Å². The highest BCUT2D eigenvalue weighted by molar-refractivity contribution is 7.90. The van der Waals surface area contributed by atoms with Gasteiger partial charge < -0.3 is 10.6 Å². The Balaban J connectivity index is 0. The molecule has 7 heteroatoms. The maximum absolute atomic E-state index is 10.8. The Hall–Kier alpha value is 0.450. The molecule has 0 radical (unpaired) electrons. The van der Waals surface area contributed by atoms with Crippen molar-refractivity contribution in [3.05, 3.63) is 0 Å². The van der Waals surface area contributed by atoms with Crippen LogP contribution in [0.25, 0.3) is 0 Å². The number of hydrogen-bond acceptors (Lipinski definition) is 4. The maximum Gasteiger partial charge on any atom is 0.148 e. The van der Waals surface area contributed by atoms with Gasteiger partial charge in [-0.3, -0.25) is 0 Å². The van der Waals surface area contributed by atoms with Gasteiger partial charge in [0.05, 0.1) is 5.75 Å². The van der Waals surface area contributed by atoms with Gasteiger partial charge in [-0.05, 0) is 6.92 Å². The van der Waals surface area contributed by atoms with Crippen LogP contribution in [-0.2, 0) is 9.84 Å². The molecule has 14 heavy (non-hydrogen) atoms. The fourth-order valence-electron chi connectivity index (χ4n) is 1.16. The molecule has 1 saturated heterocycles. The first kappa shape index (κ1) is 16.9. The highest BCUT2D eigenvalue weighted by atomic mass is 35.5.